The van der Waals surface area contributed by atoms with Gasteiger partial charge in [0.25, 0.3) is 0 Å². The van der Waals surface area contributed by atoms with Crippen LogP contribution in [0.4, 0.5) is 0 Å². The number of amides is 4. The summed E-state index contributed by atoms with van der Waals surface area (Å²) in [6, 6.07) is -0.755. The summed E-state index contributed by atoms with van der Waals surface area (Å²) in [4.78, 5) is 52.8. The van der Waals surface area contributed by atoms with Crippen molar-refractivity contribution in [2.45, 2.75) is 147 Å². The Bertz CT molecular complexity index is 1270. The maximum atomic E-state index is 12.7. The van der Waals surface area contributed by atoms with E-state index in [2.05, 4.69) is 65.4 Å². The van der Waals surface area contributed by atoms with Crippen LogP contribution in [0.3, 0.4) is 0 Å². The van der Waals surface area contributed by atoms with Crippen LogP contribution in [0.15, 0.2) is 6.33 Å². The van der Waals surface area contributed by atoms with E-state index in [-0.39, 0.29) is 30.7 Å². The number of nitrogens with two attached hydrogens (primary N) is 3. The molecule has 2 heterocycles. The van der Waals surface area contributed by atoms with E-state index in [1.54, 1.807) is 0 Å². The summed E-state index contributed by atoms with van der Waals surface area (Å²) in [5, 5.41) is 11.2. The van der Waals surface area contributed by atoms with Crippen molar-refractivity contribution < 1.29 is 19.2 Å². The number of primary amides is 1. The molecule has 308 valence electrons. The van der Waals surface area contributed by atoms with Gasteiger partial charge in [0, 0.05) is 19.5 Å². The lowest BCUT2D eigenvalue weighted by atomic mass is 9.97. The van der Waals surface area contributed by atoms with Gasteiger partial charge in [-0.15, -0.1) is 0 Å². The van der Waals surface area contributed by atoms with Crippen LogP contribution >= 0.6 is 0 Å². The van der Waals surface area contributed by atoms with Gasteiger partial charge in [-0.05, 0) is 115 Å². The van der Waals surface area contributed by atoms with Crippen molar-refractivity contribution in [2.75, 3.05) is 39.3 Å². The summed E-state index contributed by atoms with van der Waals surface area (Å²) in [6.45, 7) is 28.9. The molecule has 1 fully saturated rings. The van der Waals surface area contributed by atoms with Gasteiger partial charge in [-0.2, -0.15) is 0 Å². The number of benzene rings is 1. The van der Waals surface area contributed by atoms with E-state index >= 15 is 0 Å². The highest BCUT2D eigenvalue weighted by Gasteiger charge is 2.21. The minimum Gasteiger partial charge on any atom is -0.368 e. The number of aromatic nitrogens is 2. The molecule has 0 spiro atoms. The second-order valence-corrected chi connectivity index (χ2v) is 12.2. The third-order valence-electron chi connectivity index (χ3n) is 8.31. The van der Waals surface area contributed by atoms with Crippen LogP contribution in [-0.2, 0) is 25.7 Å². The summed E-state index contributed by atoms with van der Waals surface area (Å²) in [6.07, 6.45) is 7.63. The number of fused-ring (bicyclic) bond motifs is 1. The van der Waals surface area contributed by atoms with Crippen LogP contribution in [0, 0.1) is 33.6 Å². The predicted molar refractivity (Wildman–Crippen MR) is 223 cm³/mol. The summed E-state index contributed by atoms with van der Waals surface area (Å²) in [5.74, 6) is -1.59. The highest BCUT2D eigenvalue weighted by atomic mass is 16.2. The number of rotatable bonds is 17. The first-order valence-corrected chi connectivity index (χ1v) is 20.0. The first kappa shape index (κ1) is 53.8. The highest BCUT2D eigenvalue weighted by Crippen LogP contribution is 2.28. The Morgan fingerprint density at radius 2 is 1.38 bits per heavy atom. The molecule has 0 bridgehead atoms. The summed E-state index contributed by atoms with van der Waals surface area (Å²) < 4.78 is 2.07. The van der Waals surface area contributed by atoms with E-state index in [0.29, 0.717) is 38.9 Å². The molecule has 2 aromatic rings. The first-order chi connectivity index (χ1) is 25.4. The number of hydrogen-bond donors (Lipinski definition) is 7. The second kappa shape index (κ2) is 34.2. The third kappa shape index (κ3) is 22.3. The summed E-state index contributed by atoms with van der Waals surface area (Å²) in [5.41, 5.74) is 22.6. The van der Waals surface area contributed by atoms with Crippen molar-refractivity contribution >= 4 is 34.7 Å². The lowest BCUT2D eigenvalue weighted by Crippen LogP contribution is -2.48. The van der Waals surface area contributed by atoms with Crippen LogP contribution < -0.4 is 38.5 Å². The Labute approximate surface area is 322 Å². The molecule has 53 heavy (non-hydrogen) atoms. The molecule has 1 aliphatic rings. The number of carbonyl (C=O) groups excluding carboxylic acids is 4. The quantitative estimate of drug-likeness (QED) is 0.111. The highest BCUT2D eigenvalue weighted by molar-refractivity contribution is 5.90. The molecule has 4 amide bonds. The number of imidazole rings is 1. The van der Waals surface area contributed by atoms with Gasteiger partial charge in [-0.1, -0.05) is 61.8 Å². The van der Waals surface area contributed by atoms with E-state index in [4.69, 9.17) is 17.2 Å². The minimum atomic E-state index is -0.755. The number of unbranched alkanes of at least 4 members (excludes halogenated alkanes) is 2. The maximum Gasteiger partial charge on any atom is 0.243 e. The van der Waals surface area contributed by atoms with Crippen LogP contribution in [0.2, 0.25) is 0 Å². The zero-order valence-corrected chi connectivity index (χ0v) is 35.6. The molecule has 1 aromatic heterocycles. The Hall–Kier alpha value is -3.55. The third-order valence-corrected chi connectivity index (χ3v) is 8.31. The van der Waals surface area contributed by atoms with Crippen LogP contribution in [0.1, 0.15) is 129 Å². The number of aryl methyl sites for hydroxylation is 2. The van der Waals surface area contributed by atoms with Crippen molar-refractivity contribution in [3.8, 4) is 0 Å². The predicted octanol–water partition coefficient (Wildman–Crippen LogP) is 4.82. The molecule has 0 aliphatic carbocycles. The van der Waals surface area contributed by atoms with E-state index in [9.17, 15) is 19.2 Å². The fourth-order valence-electron chi connectivity index (χ4n) is 4.79. The van der Waals surface area contributed by atoms with Gasteiger partial charge < -0.3 is 43.0 Å². The number of nitrogens with one attached hydrogen (secondary N) is 4. The molecule has 0 radical (unpaired) electrons. The van der Waals surface area contributed by atoms with Crippen LogP contribution in [0.5, 0.6) is 0 Å². The van der Waals surface area contributed by atoms with E-state index in [1.807, 2.05) is 54.8 Å². The van der Waals surface area contributed by atoms with Gasteiger partial charge in [0.05, 0.1) is 29.8 Å². The smallest absolute Gasteiger partial charge is 0.243 e. The molecule has 1 saturated heterocycles. The number of hydrogen-bond acceptors (Lipinski definition) is 8. The molecule has 2 unspecified atom stereocenters. The minimum absolute atomic E-state index is 0.0162. The molecule has 0 saturated carbocycles. The first-order valence-electron chi connectivity index (χ1n) is 20.0. The zero-order chi connectivity index (χ0) is 41.4. The Kier molecular flexibility index (Phi) is 34.7. The lowest BCUT2D eigenvalue weighted by molar-refractivity contribution is -0.130. The largest absolute Gasteiger partial charge is 0.368 e. The molecule has 1 aromatic carbocycles. The van der Waals surface area contributed by atoms with Gasteiger partial charge in [0.2, 0.25) is 23.6 Å². The van der Waals surface area contributed by atoms with Crippen LogP contribution in [0.25, 0.3) is 11.0 Å². The van der Waals surface area contributed by atoms with E-state index in [0.717, 1.165) is 36.8 Å². The Morgan fingerprint density at radius 1 is 0.830 bits per heavy atom. The average molecular weight is 750 g/mol. The van der Waals surface area contributed by atoms with E-state index < -0.39 is 17.9 Å². The van der Waals surface area contributed by atoms with E-state index in [1.165, 1.54) is 41.8 Å². The Balaban J connectivity index is -0.00000153. The second-order valence-electron chi connectivity index (χ2n) is 12.2. The molecule has 1 aliphatic heterocycles. The molecule has 3 rings (SSSR count). The van der Waals surface area contributed by atoms with Gasteiger partial charge in [0.1, 0.15) is 6.04 Å². The standard InChI is InChI=1S/C28H45N7O4.C3H7N.C3H9N.3C2H6/c1-17(15-35-16-33-25-20(4)18(2)19(3)21(5)26(25)35)27(38)31-13-8-6-7-11-24(37)34-22(10-9-12-29)28(39)32-14-23(30)36;1-2-4-3-1;1-2-3-4;3*1-2/h16-17,22H,6-15,29H2,1-5H3,(H2,30,36)(H,31,38)(H,32,39)(H,34,37);4H,1-3H2;2-4H2,1H3;3*1-2H3. The average Bonchev–Trinajstić information content (AvgIpc) is 3.57. The fourth-order valence-corrected chi connectivity index (χ4v) is 4.79. The maximum absolute atomic E-state index is 12.7. The van der Waals surface area contributed by atoms with Crippen molar-refractivity contribution in [1.29, 1.82) is 0 Å². The zero-order valence-electron chi connectivity index (χ0n) is 35.6. The number of carbonyl (C=O) groups is 4. The summed E-state index contributed by atoms with van der Waals surface area (Å²) in [7, 11) is 0. The van der Waals surface area contributed by atoms with Crippen molar-refractivity contribution in [3.63, 3.8) is 0 Å². The van der Waals surface area contributed by atoms with Crippen LogP contribution in [-0.4, -0.2) is 78.5 Å². The topological polar surface area (TPSA) is 212 Å². The molecule has 10 N–H and O–H groups in total. The normalized spacial score (nSPS) is 12.0. The van der Waals surface area contributed by atoms with Crippen molar-refractivity contribution in [3.05, 3.63) is 28.6 Å². The van der Waals surface area contributed by atoms with Gasteiger partial charge in [-0.3, -0.25) is 19.2 Å². The molecular weight excluding hydrogens is 670 g/mol. The fraction of sp³-hybridized carbons (Fsp3) is 0.725. The molecule has 13 nitrogen and oxygen atoms in total. The molecule has 13 heteroatoms. The monoisotopic (exact) mass is 750 g/mol. The van der Waals surface area contributed by atoms with Gasteiger partial charge in [-0.25, -0.2) is 4.98 Å². The van der Waals surface area contributed by atoms with Crippen molar-refractivity contribution in [2.24, 2.45) is 23.1 Å². The molecular formula is C40H79N9O4. The van der Waals surface area contributed by atoms with Gasteiger partial charge >= 0.3 is 0 Å². The SMILES string of the molecule is C1CNC1.CC.CC.CC.CCCN.Cc1c(C)c(C)c2c(ncn2CC(C)C(=O)NCCCCCC(=O)NC(CCCN)C(=O)NCC(N)=O)c1C. The lowest BCUT2D eigenvalue weighted by Gasteiger charge is -2.18. The van der Waals surface area contributed by atoms with Crippen molar-refractivity contribution in [1.82, 2.24) is 30.8 Å². The summed E-state index contributed by atoms with van der Waals surface area (Å²) >= 11 is 0. The Morgan fingerprint density at radius 3 is 1.87 bits per heavy atom. The molecule has 2 atom stereocenters. The van der Waals surface area contributed by atoms with Gasteiger partial charge in [0.15, 0.2) is 0 Å². The number of nitrogens with zero attached hydrogens (tertiary/aromatic N) is 2.